The molecule has 3 amide bonds. The highest BCUT2D eigenvalue weighted by molar-refractivity contribution is 7.99. The molecule has 2 heterocycles. The molecule has 3 unspecified atom stereocenters. The number of ether oxygens (including phenoxy) is 1. The molecule has 0 spiro atoms. The maximum absolute atomic E-state index is 13.1. The van der Waals surface area contributed by atoms with E-state index in [4.69, 9.17) is 4.74 Å². The summed E-state index contributed by atoms with van der Waals surface area (Å²) >= 11 is 1.58. The predicted molar refractivity (Wildman–Crippen MR) is 120 cm³/mol. The van der Waals surface area contributed by atoms with Gasteiger partial charge < -0.3 is 20.3 Å². The Bertz CT molecular complexity index is 1010. The molecule has 4 rings (SSSR count). The maximum atomic E-state index is 13.1. The van der Waals surface area contributed by atoms with E-state index in [0.717, 1.165) is 5.56 Å². The molecule has 0 radical (unpaired) electrons. The third-order valence-electron chi connectivity index (χ3n) is 5.60. The van der Waals surface area contributed by atoms with Crippen LogP contribution in [0.2, 0.25) is 0 Å². The summed E-state index contributed by atoms with van der Waals surface area (Å²) in [6.07, 6.45) is 0. The van der Waals surface area contributed by atoms with Crippen molar-refractivity contribution in [1.29, 1.82) is 0 Å². The number of benzene rings is 2. The number of hydrogen-bond acceptors (Lipinski definition) is 5. The van der Waals surface area contributed by atoms with E-state index in [1.807, 2.05) is 32.0 Å². The molecule has 7 nitrogen and oxygen atoms in total. The molecule has 0 aromatic heterocycles. The van der Waals surface area contributed by atoms with Gasteiger partial charge in [-0.05, 0) is 41.8 Å². The molecule has 2 aliphatic rings. The summed E-state index contributed by atoms with van der Waals surface area (Å²) in [5.74, 6) is 0.331. The Morgan fingerprint density at radius 2 is 1.84 bits per heavy atom. The zero-order chi connectivity index (χ0) is 22.1. The maximum Gasteiger partial charge on any atom is 0.256 e. The Kier molecular flexibility index (Phi) is 5.91. The summed E-state index contributed by atoms with van der Waals surface area (Å²) in [6.45, 7) is 3.75. The van der Waals surface area contributed by atoms with Crippen LogP contribution < -0.4 is 15.4 Å². The van der Waals surface area contributed by atoms with Crippen molar-refractivity contribution in [2.45, 2.75) is 31.3 Å². The van der Waals surface area contributed by atoms with Gasteiger partial charge in [-0.15, -0.1) is 11.8 Å². The topological polar surface area (TPSA) is 87.7 Å². The number of anilines is 1. The van der Waals surface area contributed by atoms with Crippen molar-refractivity contribution in [3.63, 3.8) is 0 Å². The first-order valence-electron chi connectivity index (χ1n) is 10.2. The van der Waals surface area contributed by atoms with Crippen LogP contribution in [-0.4, -0.2) is 47.6 Å². The fourth-order valence-electron chi connectivity index (χ4n) is 3.92. The number of carbonyl (C=O) groups excluding carboxylic acids is 3. The fraction of sp³-hybridized carbons (Fsp3) is 0.348. The highest BCUT2D eigenvalue weighted by Crippen LogP contribution is 2.48. The number of nitrogens with one attached hydrogen (secondary N) is 2. The van der Waals surface area contributed by atoms with Crippen LogP contribution in [0, 0.1) is 5.92 Å². The molecule has 0 bridgehead atoms. The van der Waals surface area contributed by atoms with Gasteiger partial charge in [0.1, 0.15) is 23.2 Å². The monoisotopic (exact) mass is 439 g/mol. The lowest BCUT2D eigenvalue weighted by atomic mass is 10.0. The smallest absolute Gasteiger partial charge is 0.256 e. The van der Waals surface area contributed by atoms with E-state index >= 15 is 0 Å². The summed E-state index contributed by atoms with van der Waals surface area (Å²) in [7, 11) is 1.58. The van der Waals surface area contributed by atoms with Gasteiger partial charge in [-0.3, -0.25) is 14.4 Å². The number of amides is 3. The van der Waals surface area contributed by atoms with Crippen LogP contribution in [-0.2, 0) is 9.59 Å². The highest BCUT2D eigenvalue weighted by Gasteiger charge is 2.48. The Morgan fingerprint density at radius 1 is 1.13 bits per heavy atom. The first kappa shape index (κ1) is 21.2. The average molecular weight is 440 g/mol. The van der Waals surface area contributed by atoms with Crippen LogP contribution in [0.25, 0.3) is 0 Å². The number of nitrogens with zero attached hydrogens (tertiary/aromatic N) is 1. The van der Waals surface area contributed by atoms with Gasteiger partial charge in [-0.25, -0.2) is 0 Å². The molecule has 2 aromatic carbocycles. The third-order valence-corrected chi connectivity index (χ3v) is 6.90. The summed E-state index contributed by atoms with van der Waals surface area (Å²) in [6, 6.07) is 13.1. The van der Waals surface area contributed by atoms with E-state index in [2.05, 4.69) is 10.6 Å². The summed E-state index contributed by atoms with van der Waals surface area (Å²) in [5.41, 5.74) is 2.22. The van der Waals surface area contributed by atoms with E-state index in [1.165, 1.54) is 0 Å². The minimum Gasteiger partial charge on any atom is -0.497 e. The number of rotatable bonds is 6. The number of methoxy groups -OCH3 is 1. The number of hydrogen-bond donors (Lipinski definition) is 2. The standard InChI is InChI=1S/C23H25N3O4S/c1-13(2)19(21(28)24-14-8-10-15(30-3)11-9-14)25-20(27)18-12-31-23-17-7-5-4-6-16(17)22(29)26(18)23/h4-11,13,18-19,23H,12H2,1-3H3,(H,24,28)(H,25,27). The highest BCUT2D eigenvalue weighted by atomic mass is 32.2. The molecule has 31 heavy (non-hydrogen) atoms. The zero-order valence-electron chi connectivity index (χ0n) is 17.6. The second kappa shape index (κ2) is 8.63. The second-order valence-corrected chi connectivity index (χ2v) is 9.06. The Morgan fingerprint density at radius 3 is 2.52 bits per heavy atom. The predicted octanol–water partition coefficient (Wildman–Crippen LogP) is 3.04. The molecule has 1 fully saturated rings. The van der Waals surface area contributed by atoms with Crippen LogP contribution in [0.5, 0.6) is 5.75 Å². The Labute approximate surface area is 185 Å². The lowest BCUT2D eigenvalue weighted by molar-refractivity contribution is -0.129. The molecule has 2 N–H and O–H groups in total. The van der Waals surface area contributed by atoms with Crippen LogP contribution in [0.1, 0.15) is 35.1 Å². The lowest BCUT2D eigenvalue weighted by Gasteiger charge is -2.27. The van der Waals surface area contributed by atoms with Crippen molar-refractivity contribution < 1.29 is 19.1 Å². The van der Waals surface area contributed by atoms with Crippen LogP contribution >= 0.6 is 11.8 Å². The second-order valence-electron chi connectivity index (χ2n) is 7.95. The van der Waals surface area contributed by atoms with Crippen LogP contribution in [0.15, 0.2) is 48.5 Å². The molecular weight excluding hydrogens is 414 g/mol. The van der Waals surface area contributed by atoms with Gasteiger partial charge in [-0.2, -0.15) is 0 Å². The van der Waals surface area contributed by atoms with Crippen LogP contribution in [0.4, 0.5) is 5.69 Å². The minimum atomic E-state index is -0.723. The quantitative estimate of drug-likeness (QED) is 0.722. The first-order valence-corrected chi connectivity index (χ1v) is 11.2. The van der Waals surface area contributed by atoms with Gasteiger partial charge in [0, 0.05) is 17.0 Å². The van der Waals surface area contributed by atoms with Crippen LogP contribution in [0.3, 0.4) is 0 Å². The largest absolute Gasteiger partial charge is 0.497 e. The van der Waals surface area contributed by atoms with E-state index in [9.17, 15) is 14.4 Å². The van der Waals surface area contributed by atoms with Crippen molar-refractivity contribution in [2.75, 3.05) is 18.2 Å². The summed E-state index contributed by atoms with van der Waals surface area (Å²) < 4.78 is 5.13. The number of fused-ring (bicyclic) bond motifs is 3. The number of thioether (sulfide) groups is 1. The van der Waals surface area contributed by atoms with Gasteiger partial charge >= 0.3 is 0 Å². The van der Waals surface area contributed by atoms with E-state index in [-0.39, 0.29) is 29.0 Å². The summed E-state index contributed by atoms with van der Waals surface area (Å²) in [5, 5.41) is 5.57. The van der Waals surface area contributed by atoms with E-state index < -0.39 is 12.1 Å². The lowest BCUT2D eigenvalue weighted by Crippen LogP contribution is -2.53. The molecule has 8 heteroatoms. The zero-order valence-corrected chi connectivity index (χ0v) is 18.4. The Hall–Kier alpha value is -3.00. The summed E-state index contributed by atoms with van der Waals surface area (Å²) in [4.78, 5) is 40.5. The first-order chi connectivity index (χ1) is 14.9. The average Bonchev–Trinajstić information content (AvgIpc) is 3.32. The van der Waals surface area contributed by atoms with Gasteiger partial charge in [0.15, 0.2) is 0 Å². The Balaban J connectivity index is 1.45. The van der Waals surface area contributed by atoms with E-state index in [0.29, 0.717) is 22.8 Å². The van der Waals surface area contributed by atoms with Crippen molar-refractivity contribution in [1.82, 2.24) is 10.2 Å². The molecule has 162 valence electrons. The van der Waals surface area contributed by atoms with Gasteiger partial charge in [0.25, 0.3) is 5.91 Å². The minimum absolute atomic E-state index is 0.126. The van der Waals surface area contributed by atoms with E-state index in [1.54, 1.807) is 54.1 Å². The molecule has 1 saturated heterocycles. The van der Waals surface area contributed by atoms with Crippen molar-refractivity contribution >= 4 is 35.2 Å². The molecule has 3 atom stereocenters. The molecular formula is C23H25N3O4S. The van der Waals surface area contributed by atoms with Crippen molar-refractivity contribution in [2.24, 2.45) is 5.92 Å². The molecule has 2 aromatic rings. The SMILES string of the molecule is COc1ccc(NC(=O)C(NC(=O)C2CSC3c4ccccc4C(=O)N23)C(C)C)cc1. The third kappa shape index (κ3) is 3.99. The number of carbonyl (C=O) groups is 3. The fourth-order valence-corrected chi connectivity index (χ4v) is 5.39. The van der Waals surface area contributed by atoms with Crippen molar-refractivity contribution in [3.8, 4) is 5.75 Å². The van der Waals surface area contributed by atoms with Gasteiger partial charge in [0.2, 0.25) is 11.8 Å². The van der Waals surface area contributed by atoms with Gasteiger partial charge in [0.05, 0.1) is 7.11 Å². The molecule has 0 saturated carbocycles. The normalized spacial score (nSPS) is 20.3. The van der Waals surface area contributed by atoms with Gasteiger partial charge in [-0.1, -0.05) is 32.0 Å². The molecule has 0 aliphatic carbocycles. The molecule has 2 aliphatic heterocycles. The van der Waals surface area contributed by atoms with Crippen molar-refractivity contribution in [3.05, 3.63) is 59.7 Å².